The fourth-order valence-corrected chi connectivity index (χ4v) is 5.30. The van der Waals surface area contributed by atoms with Gasteiger partial charge in [-0.05, 0) is 55.7 Å². The first kappa shape index (κ1) is 24.4. The van der Waals surface area contributed by atoms with Crippen LogP contribution in [0.25, 0.3) is 16.7 Å². The zero-order valence-corrected chi connectivity index (χ0v) is 21.6. The lowest BCUT2D eigenvalue weighted by Crippen LogP contribution is -2.35. The highest BCUT2D eigenvalue weighted by atomic mass is 16.5. The summed E-state index contributed by atoms with van der Waals surface area (Å²) in [7, 11) is 1.63. The molecule has 0 unspecified atom stereocenters. The standard InChI is InChI=1S/C29H32N6O3/c1-37-24-10-8-22(9-11-24)29(36)34-15-5-14-33(16-17-34)27-25-20-30-35(23-6-3-2-4-7-23)28(25)32-26(31-27)21-12-18-38-19-13-21/h2-4,6-11,20-21H,5,12-19H2,1H3. The molecule has 2 aromatic carbocycles. The van der Waals surface area contributed by atoms with Crippen LogP contribution >= 0.6 is 0 Å². The molecule has 0 spiro atoms. The summed E-state index contributed by atoms with van der Waals surface area (Å²) in [5, 5.41) is 5.65. The molecule has 2 aromatic heterocycles. The maximum atomic E-state index is 13.2. The summed E-state index contributed by atoms with van der Waals surface area (Å²) in [6, 6.07) is 17.4. The van der Waals surface area contributed by atoms with Crippen LogP contribution in [0, 0.1) is 0 Å². The Bertz CT molecular complexity index is 1400. The molecule has 9 heteroatoms. The maximum Gasteiger partial charge on any atom is 0.253 e. The average Bonchev–Trinajstić information content (AvgIpc) is 3.26. The Balaban J connectivity index is 1.31. The first-order valence-electron chi connectivity index (χ1n) is 13.3. The predicted molar refractivity (Wildman–Crippen MR) is 145 cm³/mol. The SMILES string of the molecule is COc1ccc(C(=O)N2CCCN(c3nc(C4CCOCC4)nc4c3cnn4-c3ccccc3)CC2)cc1. The van der Waals surface area contributed by atoms with E-state index in [4.69, 9.17) is 24.5 Å². The van der Waals surface area contributed by atoms with Gasteiger partial charge in [-0.2, -0.15) is 5.10 Å². The van der Waals surface area contributed by atoms with Crippen LogP contribution < -0.4 is 9.64 Å². The number of amides is 1. The molecule has 0 saturated carbocycles. The summed E-state index contributed by atoms with van der Waals surface area (Å²) in [6.07, 6.45) is 4.55. The van der Waals surface area contributed by atoms with Crippen LogP contribution in [0.5, 0.6) is 5.75 Å². The minimum atomic E-state index is 0.0436. The highest BCUT2D eigenvalue weighted by molar-refractivity contribution is 5.94. The van der Waals surface area contributed by atoms with E-state index in [0.29, 0.717) is 25.2 Å². The van der Waals surface area contributed by atoms with E-state index in [0.717, 1.165) is 73.1 Å². The van der Waals surface area contributed by atoms with Gasteiger partial charge >= 0.3 is 0 Å². The van der Waals surface area contributed by atoms with Gasteiger partial charge in [-0.25, -0.2) is 14.6 Å². The molecular weight excluding hydrogens is 480 g/mol. The number of para-hydroxylation sites is 1. The minimum absolute atomic E-state index is 0.0436. The number of rotatable bonds is 5. The highest BCUT2D eigenvalue weighted by Gasteiger charge is 2.27. The Morgan fingerprint density at radius 2 is 1.74 bits per heavy atom. The van der Waals surface area contributed by atoms with Crippen LogP contribution in [0.2, 0.25) is 0 Å². The number of aromatic nitrogens is 4. The topological polar surface area (TPSA) is 85.6 Å². The van der Waals surface area contributed by atoms with Crippen molar-refractivity contribution in [3.8, 4) is 11.4 Å². The molecule has 2 aliphatic heterocycles. The highest BCUT2D eigenvalue weighted by Crippen LogP contribution is 2.32. The number of anilines is 1. The smallest absolute Gasteiger partial charge is 0.253 e. The van der Waals surface area contributed by atoms with Crippen molar-refractivity contribution in [2.75, 3.05) is 51.4 Å². The van der Waals surface area contributed by atoms with E-state index in [-0.39, 0.29) is 11.8 Å². The molecular formula is C29H32N6O3. The van der Waals surface area contributed by atoms with Crippen molar-refractivity contribution in [2.24, 2.45) is 0 Å². The van der Waals surface area contributed by atoms with Gasteiger partial charge in [-0.15, -0.1) is 0 Å². The molecule has 38 heavy (non-hydrogen) atoms. The number of nitrogens with zero attached hydrogens (tertiary/aromatic N) is 6. The number of carbonyl (C=O) groups excluding carboxylic acids is 1. The van der Waals surface area contributed by atoms with Crippen molar-refractivity contribution < 1.29 is 14.3 Å². The second-order valence-corrected chi connectivity index (χ2v) is 9.78. The van der Waals surface area contributed by atoms with Gasteiger partial charge in [0.25, 0.3) is 5.91 Å². The predicted octanol–water partition coefficient (Wildman–Crippen LogP) is 4.07. The Labute approximate surface area is 222 Å². The normalized spacial score (nSPS) is 17.0. The van der Waals surface area contributed by atoms with Gasteiger partial charge in [0.2, 0.25) is 0 Å². The van der Waals surface area contributed by atoms with Gasteiger partial charge in [0, 0.05) is 50.9 Å². The second kappa shape index (κ2) is 10.8. The Kier molecular flexibility index (Phi) is 6.92. The fourth-order valence-electron chi connectivity index (χ4n) is 5.30. The second-order valence-electron chi connectivity index (χ2n) is 9.78. The Morgan fingerprint density at radius 1 is 0.947 bits per heavy atom. The summed E-state index contributed by atoms with van der Waals surface area (Å²) in [5.74, 6) is 2.79. The summed E-state index contributed by atoms with van der Waals surface area (Å²) in [6.45, 7) is 4.28. The summed E-state index contributed by atoms with van der Waals surface area (Å²) in [5.41, 5.74) is 2.46. The lowest BCUT2D eigenvalue weighted by Gasteiger charge is -2.26. The van der Waals surface area contributed by atoms with Crippen molar-refractivity contribution in [1.29, 1.82) is 0 Å². The molecule has 196 valence electrons. The number of hydrogen-bond donors (Lipinski definition) is 0. The van der Waals surface area contributed by atoms with Crippen LogP contribution in [-0.4, -0.2) is 77.1 Å². The third kappa shape index (κ3) is 4.81. The summed E-state index contributed by atoms with van der Waals surface area (Å²) < 4.78 is 12.7. The third-order valence-corrected chi connectivity index (χ3v) is 7.43. The van der Waals surface area contributed by atoms with Crippen molar-refractivity contribution in [1.82, 2.24) is 24.6 Å². The molecule has 4 aromatic rings. The number of carbonyl (C=O) groups is 1. The maximum absolute atomic E-state index is 13.2. The van der Waals surface area contributed by atoms with Gasteiger partial charge in [0.1, 0.15) is 17.4 Å². The van der Waals surface area contributed by atoms with E-state index >= 15 is 0 Å². The number of hydrogen-bond acceptors (Lipinski definition) is 7. The average molecular weight is 513 g/mol. The number of ether oxygens (including phenoxy) is 2. The largest absolute Gasteiger partial charge is 0.497 e. The molecule has 6 rings (SSSR count). The Morgan fingerprint density at radius 3 is 2.50 bits per heavy atom. The molecule has 0 N–H and O–H groups in total. The number of benzene rings is 2. The Hall–Kier alpha value is -3.98. The molecule has 2 fully saturated rings. The minimum Gasteiger partial charge on any atom is -0.497 e. The zero-order chi connectivity index (χ0) is 25.9. The van der Waals surface area contributed by atoms with E-state index in [1.807, 2.05) is 70.4 Å². The first-order chi connectivity index (χ1) is 18.7. The summed E-state index contributed by atoms with van der Waals surface area (Å²) >= 11 is 0. The van der Waals surface area contributed by atoms with Gasteiger partial charge in [0.15, 0.2) is 5.65 Å². The molecule has 1 amide bonds. The van der Waals surface area contributed by atoms with E-state index in [1.165, 1.54) is 0 Å². The van der Waals surface area contributed by atoms with Gasteiger partial charge < -0.3 is 19.3 Å². The molecule has 0 bridgehead atoms. The van der Waals surface area contributed by atoms with Crippen LogP contribution in [0.4, 0.5) is 5.82 Å². The quantitative estimate of drug-likeness (QED) is 0.398. The van der Waals surface area contributed by atoms with E-state index in [1.54, 1.807) is 7.11 Å². The molecule has 0 aliphatic carbocycles. The monoisotopic (exact) mass is 512 g/mol. The third-order valence-electron chi connectivity index (χ3n) is 7.43. The van der Waals surface area contributed by atoms with Crippen molar-refractivity contribution in [3.05, 3.63) is 72.2 Å². The van der Waals surface area contributed by atoms with Crippen LogP contribution in [0.3, 0.4) is 0 Å². The number of methoxy groups -OCH3 is 1. The zero-order valence-electron chi connectivity index (χ0n) is 21.6. The van der Waals surface area contributed by atoms with Crippen LogP contribution in [0.1, 0.15) is 41.4 Å². The molecule has 2 aliphatic rings. The lowest BCUT2D eigenvalue weighted by atomic mass is 9.99. The van der Waals surface area contributed by atoms with E-state index in [2.05, 4.69) is 4.90 Å². The van der Waals surface area contributed by atoms with Crippen molar-refractivity contribution in [2.45, 2.75) is 25.2 Å². The van der Waals surface area contributed by atoms with E-state index in [9.17, 15) is 4.79 Å². The van der Waals surface area contributed by atoms with Crippen molar-refractivity contribution >= 4 is 22.8 Å². The van der Waals surface area contributed by atoms with Gasteiger partial charge in [-0.3, -0.25) is 4.79 Å². The van der Waals surface area contributed by atoms with Gasteiger partial charge in [-0.1, -0.05) is 18.2 Å². The molecule has 4 heterocycles. The lowest BCUT2D eigenvalue weighted by molar-refractivity contribution is 0.0767. The summed E-state index contributed by atoms with van der Waals surface area (Å²) in [4.78, 5) is 27.7. The molecule has 9 nitrogen and oxygen atoms in total. The fraction of sp³-hybridized carbons (Fsp3) is 0.379. The molecule has 2 saturated heterocycles. The first-order valence-corrected chi connectivity index (χ1v) is 13.3. The van der Waals surface area contributed by atoms with Crippen LogP contribution in [0.15, 0.2) is 60.8 Å². The molecule has 0 radical (unpaired) electrons. The van der Waals surface area contributed by atoms with Crippen LogP contribution in [-0.2, 0) is 4.74 Å². The van der Waals surface area contributed by atoms with Crippen molar-refractivity contribution in [3.63, 3.8) is 0 Å². The van der Waals surface area contributed by atoms with Gasteiger partial charge in [0.05, 0.1) is 24.4 Å². The molecule has 0 atom stereocenters. The van der Waals surface area contributed by atoms with E-state index < -0.39 is 0 Å². The number of fused-ring (bicyclic) bond motifs is 1.